The predicted molar refractivity (Wildman–Crippen MR) is 67.1 cm³/mol. The standard InChI is InChI=1S/C15H18O3/c1-2-11-12(8-10-6-4-3-5-7-10)17-13-9-14(16)18-15(11)13/h3-7,11-13,15H,2,8-9H2,1H3/t11-,12?,13+,15+/m0/s1. The molecule has 1 unspecified atom stereocenters. The Hall–Kier alpha value is -1.35. The van der Waals surface area contributed by atoms with Crippen LogP contribution < -0.4 is 0 Å². The van der Waals surface area contributed by atoms with Gasteiger partial charge in [0, 0.05) is 5.92 Å². The highest BCUT2D eigenvalue weighted by Gasteiger charge is 2.50. The SMILES string of the molecule is CC[C@H]1C(Cc2ccccc2)O[C@@H]2CC(=O)O[C@@H]21. The highest BCUT2D eigenvalue weighted by molar-refractivity contribution is 5.72. The highest BCUT2D eigenvalue weighted by atomic mass is 16.6. The molecule has 0 N–H and O–H groups in total. The van der Waals surface area contributed by atoms with Gasteiger partial charge in [-0.3, -0.25) is 4.79 Å². The monoisotopic (exact) mass is 246 g/mol. The maximum Gasteiger partial charge on any atom is 0.308 e. The molecule has 2 saturated heterocycles. The molecule has 0 radical (unpaired) electrons. The van der Waals surface area contributed by atoms with Gasteiger partial charge in [0.25, 0.3) is 0 Å². The van der Waals surface area contributed by atoms with Gasteiger partial charge in [-0.1, -0.05) is 37.3 Å². The Kier molecular flexibility index (Phi) is 3.08. The smallest absolute Gasteiger partial charge is 0.308 e. The van der Waals surface area contributed by atoms with Crippen LogP contribution >= 0.6 is 0 Å². The van der Waals surface area contributed by atoms with Crippen LogP contribution in [0.2, 0.25) is 0 Å². The molecule has 1 aromatic carbocycles. The van der Waals surface area contributed by atoms with E-state index in [2.05, 4.69) is 19.1 Å². The van der Waals surface area contributed by atoms with Crippen LogP contribution in [0.3, 0.4) is 0 Å². The van der Waals surface area contributed by atoms with Crippen LogP contribution in [0.15, 0.2) is 30.3 Å². The number of hydrogen-bond acceptors (Lipinski definition) is 3. The van der Waals surface area contributed by atoms with Crippen LogP contribution in [0.25, 0.3) is 0 Å². The number of carbonyl (C=O) groups excluding carboxylic acids is 1. The summed E-state index contributed by atoms with van der Waals surface area (Å²) in [7, 11) is 0. The first-order valence-electron chi connectivity index (χ1n) is 6.66. The lowest BCUT2D eigenvalue weighted by Crippen LogP contribution is -2.27. The van der Waals surface area contributed by atoms with Crippen LogP contribution in [0.4, 0.5) is 0 Å². The van der Waals surface area contributed by atoms with E-state index >= 15 is 0 Å². The predicted octanol–water partition coefficient (Wildman–Crippen LogP) is 2.34. The summed E-state index contributed by atoms with van der Waals surface area (Å²) in [6.45, 7) is 2.14. The van der Waals surface area contributed by atoms with Gasteiger partial charge in [0.05, 0.1) is 12.5 Å². The van der Waals surface area contributed by atoms with Crippen LogP contribution in [-0.4, -0.2) is 24.3 Å². The number of rotatable bonds is 3. The molecule has 0 amide bonds. The van der Waals surface area contributed by atoms with Gasteiger partial charge >= 0.3 is 5.97 Å². The van der Waals surface area contributed by atoms with E-state index in [1.54, 1.807) is 0 Å². The fourth-order valence-electron chi connectivity index (χ4n) is 3.12. The second-order valence-electron chi connectivity index (χ2n) is 5.13. The second kappa shape index (κ2) is 4.73. The first-order valence-corrected chi connectivity index (χ1v) is 6.66. The first-order chi connectivity index (χ1) is 8.78. The third kappa shape index (κ3) is 2.03. The van der Waals surface area contributed by atoms with Crippen LogP contribution in [0.5, 0.6) is 0 Å². The summed E-state index contributed by atoms with van der Waals surface area (Å²) in [5.74, 6) is 0.225. The van der Waals surface area contributed by atoms with Gasteiger partial charge < -0.3 is 9.47 Å². The molecule has 0 aliphatic carbocycles. The molecule has 2 aliphatic heterocycles. The van der Waals surface area contributed by atoms with Crippen molar-refractivity contribution in [1.82, 2.24) is 0 Å². The largest absolute Gasteiger partial charge is 0.459 e. The second-order valence-corrected chi connectivity index (χ2v) is 5.13. The molecule has 2 fully saturated rings. The van der Waals surface area contributed by atoms with Crippen molar-refractivity contribution in [1.29, 1.82) is 0 Å². The molecule has 96 valence electrons. The van der Waals surface area contributed by atoms with Crippen molar-refractivity contribution in [3.63, 3.8) is 0 Å². The van der Waals surface area contributed by atoms with Gasteiger partial charge in [0.15, 0.2) is 0 Å². The topological polar surface area (TPSA) is 35.5 Å². The molecule has 0 bridgehead atoms. The fraction of sp³-hybridized carbons (Fsp3) is 0.533. The molecule has 3 rings (SSSR count). The number of hydrogen-bond donors (Lipinski definition) is 0. The quantitative estimate of drug-likeness (QED) is 0.768. The molecular formula is C15H18O3. The van der Waals surface area contributed by atoms with Crippen molar-refractivity contribution in [2.75, 3.05) is 0 Å². The molecular weight excluding hydrogens is 228 g/mol. The molecule has 1 aromatic rings. The number of fused-ring (bicyclic) bond motifs is 1. The zero-order chi connectivity index (χ0) is 12.5. The van der Waals surface area contributed by atoms with Crippen LogP contribution in [-0.2, 0) is 20.7 Å². The maximum atomic E-state index is 11.3. The molecule has 3 nitrogen and oxygen atoms in total. The molecule has 2 heterocycles. The van der Waals surface area contributed by atoms with E-state index < -0.39 is 0 Å². The minimum absolute atomic E-state index is 0.0174. The van der Waals surface area contributed by atoms with Gasteiger partial charge in [-0.2, -0.15) is 0 Å². The summed E-state index contributed by atoms with van der Waals surface area (Å²) < 4.78 is 11.4. The van der Waals surface area contributed by atoms with Crippen molar-refractivity contribution in [2.24, 2.45) is 5.92 Å². The average Bonchev–Trinajstić information content (AvgIpc) is 2.85. The summed E-state index contributed by atoms with van der Waals surface area (Å²) in [6, 6.07) is 10.4. The van der Waals surface area contributed by atoms with E-state index in [9.17, 15) is 4.79 Å². The third-order valence-electron chi connectivity index (χ3n) is 4.00. The Morgan fingerprint density at radius 1 is 1.28 bits per heavy atom. The minimum Gasteiger partial charge on any atom is -0.459 e. The van der Waals surface area contributed by atoms with Crippen LogP contribution in [0, 0.1) is 5.92 Å². The molecule has 3 heteroatoms. The van der Waals surface area contributed by atoms with Gasteiger partial charge in [-0.15, -0.1) is 0 Å². The third-order valence-corrected chi connectivity index (χ3v) is 4.00. The molecule has 18 heavy (non-hydrogen) atoms. The first kappa shape index (κ1) is 11.7. The van der Waals surface area contributed by atoms with E-state index in [-0.39, 0.29) is 24.3 Å². The summed E-state index contributed by atoms with van der Waals surface area (Å²) in [5, 5.41) is 0. The fourth-order valence-corrected chi connectivity index (χ4v) is 3.12. The normalized spacial score (nSPS) is 34.4. The van der Waals surface area contributed by atoms with Gasteiger partial charge in [-0.25, -0.2) is 0 Å². The number of carbonyl (C=O) groups is 1. The van der Waals surface area contributed by atoms with Gasteiger partial charge in [0.2, 0.25) is 0 Å². The number of benzene rings is 1. The zero-order valence-corrected chi connectivity index (χ0v) is 10.5. The van der Waals surface area contributed by atoms with E-state index in [0.29, 0.717) is 12.3 Å². The van der Waals surface area contributed by atoms with Crippen LogP contribution in [0.1, 0.15) is 25.3 Å². The van der Waals surface area contributed by atoms with Crippen molar-refractivity contribution in [3.8, 4) is 0 Å². The van der Waals surface area contributed by atoms with Gasteiger partial charge in [0.1, 0.15) is 12.2 Å². The number of ether oxygens (including phenoxy) is 2. The average molecular weight is 246 g/mol. The Morgan fingerprint density at radius 3 is 2.78 bits per heavy atom. The van der Waals surface area contributed by atoms with E-state index in [0.717, 1.165) is 12.8 Å². The molecule has 0 saturated carbocycles. The molecule has 4 atom stereocenters. The van der Waals surface area contributed by atoms with E-state index in [4.69, 9.17) is 9.47 Å². The van der Waals surface area contributed by atoms with Crippen molar-refractivity contribution in [2.45, 2.75) is 44.5 Å². The Labute approximate surface area is 107 Å². The van der Waals surface area contributed by atoms with E-state index in [1.165, 1.54) is 5.56 Å². The summed E-state index contributed by atoms with van der Waals surface area (Å²) >= 11 is 0. The Balaban J connectivity index is 1.72. The zero-order valence-electron chi connectivity index (χ0n) is 10.5. The lowest BCUT2D eigenvalue weighted by atomic mass is 9.90. The minimum atomic E-state index is -0.110. The van der Waals surface area contributed by atoms with Crippen molar-refractivity contribution >= 4 is 5.97 Å². The molecule has 0 spiro atoms. The Bertz CT molecular complexity index is 429. The molecule has 0 aromatic heterocycles. The van der Waals surface area contributed by atoms with Crippen molar-refractivity contribution < 1.29 is 14.3 Å². The lowest BCUT2D eigenvalue weighted by molar-refractivity contribution is -0.143. The summed E-state index contributed by atoms with van der Waals surface area (Å²) in [5.41, 5.74) is 1.28. The van der Waals surface area contributed by atoms with Crippen molar-refractivity contribution in [3.05, 3.63) is 35.9 Å². The lowest BCUT2D eigenvalue weighted by Gasteiger charge is -2.20. The number of esters is 1. The van der Waals surface area contributed by atoms with Gasteiger partial charge in [-0.05, 0) is 18.4 Å². The molecule has 2 aliphatic rings. The maximum absolute atomic E-state index is 11.3. The Morgan fingerprint density at radius 2 is 2.06 bits per heavy atom. The summed E-state index contributed by atoms with van der Waals surface area (Å²) in [6.07, 6.45) is 2.47. The van der Waals surface area contributed by atoms with E-state index in [1.807, 2.05) is 18.2 Å². The summed E-state index contributed by atoms with van der Waals surface area (Å²) in [4.78, 5) is 11.3. The highest BCUT2D eigenvalue weighted by Crippen LogP contribution is 2.38.